The van der Waals surface area contributed by atoms with Gasteiger partial charge in [0, 0.05) is 11.3 Å². The molecule has 0 saturated carbocycles. The quantitative estimate of drug-likeness (QED) is 0.543. The fourth-order valence-corrected chi connectivity index (χ4v) is 0.994. The van der Waals surface area contributed by atoms with Gasteiger partial charge < -0.3 is 0 Å². The number of aliphatic imine (C=N–C) groups is 1. The average Bonchev–Trinajstić information content (AvgIpc) is 2.03. The summed E-state index contributed by atoms with van der Waals surface area (Å²) in [5.41, 5.74) is 0.123. The van der Waals surface area contributed by atoms with E-state index in [-0.39, 0.29) is 6.42 Å². The van der Waals surface area contributed by atoms with Crippen LogP contribution in [0.4, 0.5) is 13.2 Å². The lowest BCUT2D eigenvalue weighted by atomic mass is 10.0. The van der Waals surface area contributed by atoms with Crippen molar-refractivity contribution in [3.05, 3.63) is 23.4 Å². The lowest BCUT2D eigenvalue weighted by Gasteiger charge is -2.14. The van der Waals surface area contributed by atoms with Crippen molar-refractivity contribution in [2.45, 2.75) is 19.0 Å². The van der Waals surface area contributed by atoms with E-state index in [0.29, 0.717) is 12.1 Å². The molecule has 0 bridgehead atoms. The summed E-state index contributed by atoms with van der Waals surface area (Å²) in [6.07, 6.45) is -1.43. The molecule has 0 fully saturated rings. The van der Waals surface area contributed by atoms with Gasteiger partial charge in [-0.15, -0.1) is 0 Å². The molecule has 0 unspecified atom stereocenters. The standard InChI is InChI=1S/C8H8F3N/c1-12-7-4-2-6(3-5-7)8(9,10)11/h2,4H,1,3,5H2. The summed E-state index contributed by atoms with van der Waals surface area (Å²) in [6, 6.07) is 0. The van der Waals surface area contributed by atoms with Crippen molar-refractivity contribution in [2.24, 2.45) is 4.99 Å². The first-order valence-corrected chi connectivity index (χ1v) is 3.47. The molecule has 0 aromatic heterocycles. The van der Waals surface area contributed by atoms with Gasteiger partial charge in [-0.1, -0.05) is 6.08 Å². The number of allylic oxidation sites excluding steroid dienone is 4. The van der Waals surface area contributed by atoms with Crippen LogP contribution in [0, 0.1) is 0 Å². The lowest BCUT2D eigenvalue weighted by Crippen LogP contribution is -2.13. The van der Waals surface area contributed by atoms with E-state index in [1.54, 1.807) is 0 Å². The Kier molecular flexibility index (Phi) is 2.35. The first-order valence-electron chi connectivity index (χ1n) is 3.47. The Morgan fingerprint density at radius 1 is 1.25 bits per heavy atom. The van der Waals surface area contributed by atoms with E-state index in [0.717, 1.165) is 6.08 Å². The molecule has 0 heterocycles. The van der Waals surface area contributed by atoms with E-state index < -0.39 is 11.7 Å². The zero-order valence-electron chi connectivity index (χ0n) is 6.36. The second-order valence-corrected chi connectivity index (χ2v) is 2.51. The Hall–Kier alpha value is -1.06. The van der Waals surface area contributed by atoms with Gasteiger partial charge >= 0.3 is 6.18 Å². The summed E-state index contributed by atoms with van der Waals surface area (Å²) in [5.74, 6) is 0. The van der Waals surface area contributed by atoms with E-state index >= 15 is 0 Å². The van der Waals surface area contributed by atoms with Crippen molar-refractivity contribution in [2.75, 3.05) is 0 Å². The van der Waals surface area contributed by atoms with Crippen LogP contribution in [0.2, 0.25) is 0 Å². The molecular weight excluding hydrogens is 167 g/mol. The zero-order chi connectivity index (χ0) is 9.19. The van der Waals surface area contributed by atoms with Crippen LogP contribution in [0.5, 0.6) is 0 Å². The molecule has 12 heavy (non-hydrogen) atoms. The molecule has 0 radical (unpaired) electrons. The van der Waals surface area contributed by atoms with Crippen LogP contribution >= 0.6 is 0 Å². The minimum Gasteiger partial charge on any atom is -0.269 e. The van der Waals surface area contributed by atoms with E-state index in [9.17, 15) is 13.2 Å². The van der Waals surface area contributed by atoms with Crippen molar-refractivity contribution in [1.29, 1.82) is 0 Å². The number of alkyl halides is 3. The van der Waals surface area contributed by atoms with E-state index in [4.69, 9.17) is 0 Å². The smallest absolute Gasteiger partial charge is 0.269 e. The Morgan fingerprint density at radius 2 is 1.92 bits per heavy atom. The number of nitrogens with zero attached hydrogens (tertiary/aromatic N) is 1. The van der Waals surface area contributed by atoms with Crippen LogP contribution in [-0.4, -0.2) is 12.9 Å². The lowest BCUT2D eigenvalue weighted by molar-refractivity contribution is -0.0941. The summed E-state index contributed by atoms with van der Waals surface area (Å²) in [7, 11) is 0. The van der Waals surface area contributed by atoms with Crippen LogP contribution in [0.3, 0.4) is 0 Å². The van der Waals surface area contributed by atoms with Gasteiger partial charge in [-0.05, 0) is 25.6 Å². The van der Waals surface area contributed by atoms with Gasteiger partial charge in [0.2, 0.25) is 0 Å². The summed E-state index contributed by atoms with van der Waals surface area (Å²) in [6.45, 7) is 3.24. The highest BCUT2D eigenvalue weighted by Crippen LogP contribution is 2.32. The van der Waals surface area contributed by atoms with Gasteiger partial charge in [0.25, 0.3) is 0 Å². The van der Waals surface area contributed by atoms with Crippen molar-refractivity contribution in [1.82, 2.24) is 0 Å². The Balaban J connectivity index is 2.79. The van der Waals surface area contributed by atoms with Gasteiger partial charge in [0.05, 0.1) is 0 Å². The van der Waals surface area contributed by atoms with Crippen LogP contribution in [0.25, 0.3) is 0 Å². The van der Waals surface area contributed by atoms with Crippen molar-refractivity contribution in [3.8, 4) is 0 Å². The summed E-state index contributed by atoms with van der Waals surface area (Å²) < 4.78 is 36.1. The largest absolute Gasteiger partial charge is 0.412 e. The highest BCUT2D eigenvalue weighted by molar-refractivity contribution is 5.33. The molecule has 0 saturated heterocycles. The summed E-state index contributed by atoms with van der Waals surface area (Å²) in [4.78, 5) is 3.56. The van der Waals surface area contributed by atoms with E-state index in [2.05, 4.69) is 11.7 Å². The van der Waals surface area contributed by atoms with Crippen molar-refractivity contribution in [3.63, 3.8) is 0 Å². The molecule has 0 aliphatic heterocycles. The van der Waals surface area contributed by atoms with E-state index in [1.165, 1.54) is 6.08 Å². The molecule has 1 rings (SSSR count). The molecule has 0 atom stereocenters. The molecule has 0 amide bonds. The van der Waals surface area contributed by atoms with Crippen LogP contribution in [0.15, 0.2) is 28.4 Å². The Labute approximate surface area is 68.3 Å². The molecule has 1 nitrogen and oxygen atoms in total. The molecule has 0 N–H and O–H groups in total. The summed E-state index contributed by atoms with van der Waals surface area (Å²) >= 11 is 0. The van der Waals surface area contributed by atoms with Gasteiger partial charge in [-0.2, -0.15) is 13.2 Å². The SMILES string of the molecule is C=NC1=CC=C(C(F)(F)F)CC1. The third-order valence-electron chi connectivity index (χ3n) is 1.69. The molecule has 1 aliphatic carbocycles. The third kappa shape index (κ3) is 1.96. The first kappa shape index (κ1) is 9.03. The molecule has 0 aromatic carbocycles. The maximum atomic E-state index is 12.0. The van der Waals surface area contributed by atoms with Crippen LogP contribution < -0.4 is 0 Å². The molecule has 66 valence electrons. The van der Waals surface area contributed by atoms with Crippen LogP contribution in [-0.2, 0) is 0 Å². The maximum absolute atomic E-state index is 12.0. The molecule has 4 heteroatoms. The topological polar surface area (TPSA) is 12.4 Å². The molecule has 1 aliphatic rings. The maximum Gasteiger partial charge on any atom is 0.412 e. The molecular formula is C8H8F3N. The number of rotatable bonds is 1. The number of halogens is 3. The second kappa shape index (κ2) is 3.13. The fourth-order valence-electron chi connectivity index (χ4n) is 0.994. The van der Waals surface area contributed by atoms with Gasteiger partial charge in [-0.3, -0.25) is 4.99 Å². The monoisotopic (exact) mass is 175 g/mol. The molecule has 0 aromatic rings. The average molecular weight is 175 g/mol. The first-order chi connectivity index (χ1) is 5.54. The number of hydrogen-bond donors (Lipinski definition) is 0. The van der Waals surface area contributed by atoms with Crippen molar-refractivity contribution >= 4 is 6.72 Å². The van der Waals surface area contributed by atoms with Gasteiger partial charge in [0.1, 0.15) is 0 Å². The Morgan fingerprint density at radius 3 is 2.25 bits per heavy atom. The van der Waals surface area contributed by atoms with Crippen molar-refractivity contribution < 1.29 is 13.2 Å². The minimum absolute atomic E-state index is 0.00829. The second-order valence-electron chi connectivity index (χ2n) is 2.51. The predicted octanol–water partition coefficient (Wildman–Crippen LogP) is 2.85. The highest BCUT2D eigenvalue weighted by Gasteiger charge is 2.33. The number of hydrogen-bond acceptors (Lipinski definition) is 1. The zero-order valence-corrected chi connectivity index (χ0v) is 6.36. The summed E-state index contributed by atoms with van der Waals surface area (Å²) in [5, 5.41) is 0. The third-order valence-corrected chi connectivity index (χ3v) is 1.69. The van der Waals surface area contributed by atoms with Gasteiger partial charge in [0.15, 0.2) is 0 Å². The predicted molar refractivity (Wildman–Crippen MR) is 41.0 cm³/mol. The normalized spacial score (nSPS) is 18.2. The molecule has 0 spiro atoms. The minimum atomic E-state index is -4.19. The fraction of sp³-hybridized carbons (Fsp3) is 0.375. The highest BCUT2D eigenvalue weighted by atomic mass is 19.4. The Bertz CT molecular complexity index is 248. The van der Waals surface area contributed by atoms with E-state index in [1.807, 2.05) is 0 Å². The van der Waals surface area contributed by atoms with Gasteiger partial charge in [-0.25, -0.2) is 0 Å². The van der Waals surface area contributed by atoms with Crippen LogP contribution in [0.1, 0.15) is 12.8 Å².